The van der Waals surface area contributed by atoms with Gasteiger partial charge in [0.05, 0.1) is 26.4 Å². The number of carbonyl (C=O) groups excluding carboxylic acids is 4. The van der Waals surface area contributed by atoms with Gasteiger partial charge in [-0.25, -0.2) is 0 Å². The third kappa shape index (κ3) is 26.9. The molecule has 784 valence electrons. The highest BCUT2D eigenvalue weighted by Gasteiger charge is 2.44. The van der Waals surface area contributed by atoms with E-state index < -0.39 is 87.7 Å². The van der Waals surface area contributed by atoms with Gasteiger partial charge in [-0.05, 0) is 176 Å². The van der Waals surface area contributed by atoms with Gasteiger partial charge in [-0.3, -0.25) is 19.2 Å². The van der Waals surface area contributed by atoms with Gasteiger partial charge in [-0.1, -0.05) is 180 Å². The summed E-state index contributed by atoms with van der Waals surface area (Å²) in [6.45, 7) is 22.3. The molecule has 2 atom stereocenters. The van der Waals surface area contributed by atoms with Crippen LogP contribution in [0.2, 0.25) is 0 Å². The van der Waals surface area contributed by atoms with Gasteiger partial charge in [0.25, 0.3) is 11.8 Å². The molecule has 8 aromatic carbocycles. The van der Waals surface area contributed by atoms with E-state index in [0.717, 1.165) is 173 Å². The lowest BCUT2D eigenvalue weighted by atomic mass is 9.75. The molecule has 6 aliphatic heterocycles. The van der Waals surface area contributed by atoms with Crippen LogP contribution in [-0.2, 0) is 44.9 Å². The van der Waals surface area contributed by atoms with Crippen molar-refractivity contribution in [1.82, 2.24) is 0 Å². The van der Waals surface area contributed by atoms with Crippen LogP contribution in [0.4, 0.5) is 22.7 Å². The number of ether oxygens (including phenoxy) is 14. The molecule has 0 saturated heterocycles. The van der Waals surface area contributed by atoms with Crippen molar-refractivity contribution >= 4 is 69.6 Å². The molecule has 16 bridgehead atoms. The second-order valence-electron chi connectivity index (χ2n) is 39.6. The number of phenols is 2. The first-order chi connectivity index (χ1) is 71.5. The van der Waals surface area contributed by atoms with E-state index in [-0.39, 0.29) is 120 Å². The summed E-state index contributed by atoms with van der Waals surface area (Å²) in [4.78, 5) is 60.3. The molecule has 8 aromatic rings. The Labute approximate surface area is 872 Å². The molecule has 0 radical (unpaired) electrons. The van der Waals surface area contributed by atoms with Crippen LogP contribution in [0.5, 0.6) is 92.0 Å². The summed E-state index contributed by atoms with van der Waals surface area (Å²) in [5.41, 5.74) is 12.2. The van der Waals surface area contributed by atoms with Crippen LogP contribution in [-0.4, -0.2) is 112 Å². The van der Waals surface area contributed by atoms with Crippen LogP contribution in [0.1, 0.15) is 372 Å². The Kier molecular flexibility index (Phi) is 40.5. The topological polar surface area (TPSA) is 286 Å². The minimum Gasteiger partial charge on any atom is -0.502 e. The van der Waals surface area contributed by atoms with E-state index in [0.29, 0.717) is 206 Å². The van der Waals surface area contributed by atoms with Crippen LogP contribution in [0.25, 0.3) is 0 Å². The van der Waals surface area contributed by atoms with Crippen molar-refractivity contribution in [3.8, 4) is 92.0 Å². The van der Waals surface area contributed by atoms with E-state index in [9.17, 15) is 19.8 Å². The van der Waals surface area contributed by atoms with Crippen molar-refractivity contribution in [2.24, 2.45) is 0 Å². The zero-order chi connectivity index (χ0) is 102. The first-order valence-corrected chi connectivity index (χ1v) is 55.0. The number of amides is 4. The predicted molar refractivity (Wildman–Crippen MR) is 577 cm³/mol. The molecule has 6 N–H and O–H groups in total. The number of anilines is 4. The zero-order valence-corrected chi connectivity index (χ0v) is 87.7. The van der Waals surface area contributed by atoms with E-state index in [1.165, 1.54) is 0 Å². The Hall–Kier alpha value is -12.0. The first-order valence-electron chi connectivity index (χ1n) is 53.9. The fraction of sp³-hybridized carbons (Fsp3) is 0.500. The number of unbranched alkanes of at least 4 members (excludes halogenated alkanes) is 24. The van der Waals surface area contributed by atoms with Crippen LogP contribution in [0.15, 0.2) is 123 Å². The third-order valence-electron chi connectivity index (χ3n) is 28.6. The average Bonchev–Trinajstić information content (AvgIpc) is 0.718. The Morgan fingerprint density at radius 2 is 0.541 bits per heavy atom. The van der Waals surface area contributed by atoms with Gasteiger partial charge in [-0.15, -0.1) is 49.5 Å². The monoisotopic (exact) mass is 2040 g/mol. The Morgan fingerprint density at radius 1 is 0.322 bits per heavy atom. The largest absolute Gasteiger partial charge is 0.502 e. The normalized spacial score (nSPS) is 16.0. The van der Waals surface area contributed by atoms with Gasteiger partial charge in [0.1, 0.15) is 34.8 Å². The fourth-order valence-corrected chi connectivity index (χ4v) is 22.0. The van der Waals surface area contributed by atoms with Gasteiger partial charge in [-0.2, -0.15) is 0 Å². The lowest BCUT2D eigenvalue weighted by Gasteiger charge is -2.36. The molecule has 7 aliphatic rings. The Morgan fingerprint density at radius 3 is 0.774 bits per heavy atom. The minimum absolute atomic E-state index is 0.0683. The maximum absolute atomic E-state index is 16.4. The third-order valence-corrected chi connectivity index (χ3v) is 29.1. The predicted octanol–water partition coefficient (Wildman–Crippen LogP) is 28.6. The summed E-state index contributed by atoms with van der Waals surface area (Å²) in [5.74, 6) is -1.67. The number of rotatable bonds is 52. The van der Waals surface area contributed by atoms with E-state index in [1.54, 1.807) is 0 Å². The van der Waals surface area contributed by atoms with Crippen molar-refractivity contribution in [2.75, 3.05) is 99.8 Å². The van der Waals surface area contributed by atoms with E-state index in [4.69, 9.17) is 89.5 Å². The number of alkyl halides is 2. The second kappa shape index (κ2) is 54.6. The number of carbonyl (C=O) groups is 4. The maximum atomic E-state index is 16.4. The molecule has 0 aromatic heterocycles. The summed E-state index contributed by atoms with van der Waals surface area (Å²) in [7, 11) is 0. The number of benzene rings is 8. The molecular formula is C120H150Cl2N4O20. The first kappa shape index (κ1) is 108. The summed E-state index contributed by atoms with van der Waals surface area (Å²) in [6, 6.07) is 23.9. The molecule has 4 amide bonds. The molecule has 6 heterocycles. The molecule has 24 nitrogen and oxygen atoms in total. The average molecular weight is 2040 g/mol. The van der Waals surface area contributed by atoms with Crippen LogP contribution in [0, 0.1) is 0 Å². The number of hydrogen-bond acceptors (Lipinski definition) is 20. The quantitative estimate of drug-likeness (QED) is 0.0117. The molecule has 0 spiro atoms. The van der Waals surface area contributed by atoms with Gasteiger partial charge in [0, 0.05) is 161 Å². The van der Waals surface area contributed by atoms with Gasteiger partial charge in [0.15, 0.2) is 59.2 Å². The number of fused-ring (bicyclic) bond motifs is 20. The highest BCUT2D eigenvalue weighted by Crippen LogP contribution is 2.63. The summed E-state index contributed by atoms with van der Waals surface area (Å²) in [6.07, 6.45) is 39.2. The lowest BCUT2D eigenvalue weighted by Crippen LogP contribution is -2.26. The van der Waals surface area contributed by atoms with E-state index >= 15 is 9.59 Å². The molecule has 146 heavy (non-hydrogen) atoms. The van der Waals surface area contributed by atoms with Crippen molar-refractivity contribution < 1.29 is 95.7 Å². The molecule has 0 saturated carbocycles. The minimum atomic E-state index is -0.681. The highest BCUT2D eigenvalue weighted by molar-refractivity contribution is 6.29. The van der Waals surface area contributed by atoms with E-state index in [1.807, 2.05) is 101 Å². The number of halogens is 2. The number of nitrogens with one attached hydrogen (secondary N) is 4. The van der Waals surface area contributed by atoms with Gasteiger partial charge >= 0.3 is 0 Å². The Bertz CT molecular complexity index is 5570. The van der Waals surface area contributed by atoms with Gasteiger partial charge in [0.2, 0.25) is 62.0 Å². The number of aromatic hydroxyl groups is 2. The smallest absolute Gasteiger partial charge is 0.262 e. The number of hydrogen-bond donors (Lipinski definition) is 6. The van der Waals surface area contributed by atoms with Crippen molar-refractivity contribution in [2.45, 2.75) is 308 Å². The zero-order valence-electron chi connectivity index (χ0n) is 86.1. The second-order valence-corrected chi connectivity index (χ2v) is 40.2. The van der Waals surface area contributed by atoms with Crippen molar-refractivity contribution in [1.29, 1.82) is 0 Å². The molecule has 2 unspecified atom stereocenters. The van der Waals surface area contributed by atoms with Gasteiger partial charge < -0.3 is 97.8 Å². The molecular weight excluding hydrogens is 1890 g/mol. The maximum Gasteiger partial charge on any atom is 0.262 e. The SMILES string of the molecule is C=CCCCCCCCCC1c2cc3c4c(O)c2OCOc2c1cc1c(c2O)OCOc2c(cc5c6c2OCC(=O)Nc2cc7c(OCCC)c(c2)Cc2cc(cc(c2OCCC)Cc2cc(NC(=O)CCl)cc(c2OCCC)Cc2cc(NC(=O)CCl)cc(c2OCCC)C7)NC(=O)COc2c(c(cc(c2OCO6)C5CCCCCCCCC=C)C3CCCCCCCCC=C)OCO4)C1CCCCCCCCC=C. The standard InChI is InChI=1S/C120H150Cl2N4O20/c1-9-17-21-25-29-33-37-41-45-89-93-65-95-90(46-42-38-34-30-26-22-18-10-2)97-67-99-92(48-44-40-36-32-28-24-20-12-4)100-68-98-91(47-43-39-35-31-27-23-19-11-3)96-66-94(89)112-106(132)114(96)142-75-144-116(98)120-118(100)146-76-145-117(99)119(115(97)143-74-141-113(95)105(131)111(93)139-73-140-112)137-71-103(129)125-87-61-81-54-79-59-85(123-101(127)69-121)57-77(107(79)133-49-13-5)53-78-58-86(124-102(128)70-122)60-80(108(78)134-50-14-6)55-82-62-88(126-104(130)72-138-120)64-84(110(82)136-52-16-8)56-83(63-87)109(81)135-51-15-7/h9-12,57-68,89-92,131-132H,1-4,13-56,69-76H2,5-8H3,(H,123,127)(H,124,128)(H,125,129)(H,126,130). The van der Waals surface area contributed by atoms with Crippen LogP contribution in [0.3, 0.4) is 0 Å². The molecule has 26 heteroatoms. The summed E-state index contributed by atoms with van der Waals surface area (Å²) in [5, 5.41) is 40.2. The number of allylic oxidation sites excluding steroid dienone is 4. The fourth-order valence-electron chi connectivity index (χ4n) is 21.9. The molecule has 0 fully saturated rings. The number of phenolic OH excluding ortho intramolecular Hbond substituents is 2. The highest BCUT2D eigenvalue weighted by atomic mass is 35.5. The summed E-state index contributed by atoms with van der Waals surface area (Å²) < 4.78 is 100. The molecule has 15 rings (SSSR count). The Balaban J connectivity index is 1.03. The van der Waals surface area contributed by atoms with Crippen molar-refractivity contribution in [3.63, 3.8) is 0 Å². The summed E-state index contributed by atoms with van der Waals surface area (Å²) >= 11 is 12.7. The molecule has 1 aliphatic carbocycles. The van der Waals surface area contributed by atoms with Crippen LogP contribution >= 0.6 is 23.2 Å². The van der Waals surface area contributed by atoms with E-state index in [2.05, 4.69) is 71.8 Å². The van der Waals surface area contributed by atoms with Crippen molar-refractivity contribution in [3.05, 3.63) is 212 Å². The lowest BCUT2D eigenvalue weighted by molar-refractivity contribution is -0.118. The van der Waals surface area contributed by atoms with Crippen LogP contribution < -0.4 is 87.6 Å².